The summed E-state index contributed by atoms with van der Waals surface area (Å²) in [6.45, 7) is 10.1. The minimum absolute atomic E-state index is 0.0749. The summed E-state index contributed by atoms with van der Waals surface area (Å²) in [6.07, 6.45) is 2.19. The van der Waals surface area contributed by atoms with E-state index in [1.807, 2.05) is 19.1 Å². The molecule has 0 amide bonds. The molecule has 32 heavy (non-hydrogen) atoms. The zero-order valence-electron chi connectivity index (χ0n) is 19.2. The molecule has 0 spiro atoms. The van der Waals surface area contributed by atoms with Crippen LogP contribution < -0.4 is 10.9 Å². The summed E-state index contributed by atoms with van der Waals surface area (Å²) in [5.74, 6) is 0. The normalized spacial score (nSPS) is 15.8. The molecule has 2 N–H and O–H groups in total. The van der Waals surface area contributed by atoms with Crippen molar-refractivity contribution in [2.75, 3.05) is 18.5 Å². The Morgan fingerprint density at radius 1 is 1.12 bits per heavy atom. The first kappa shape index (κ1) is 22.5. The molecule has 1 fully saturated rings. The van der Waals surface area contributed by atoms with E-state index in [0.717, 1.165) is 52.7 Å². The van der Waals surface area contributed by atoms with Gasteiger partial charge in [-0.1, -0.05) is 23.8 Å². The maximum Gasteiger partial charge on any atom is 0.253 e. The fourth-order valence-electron chi connectivity index (χ4n) is 4.44. The van der Waals surface area contributed by atoms with Crippen LogP contribution in [-0.4, -0.2) is 34.3 Å². The van der Waals surface area contributed by atoms with Crippen molar-refractivity contribution in [3.8, 4) is 0 Å². The number of H-pyrrole nitrogens is 1. The molecule has 1 aliphatic rings. The molecular formula is C26H31N3O2S. The van der Waals surface area contributed by atoms with Gasteiger partial charge in [-0.3, -0.25) is 4.79 Å². The number of nitrogens with zero attached hydrogens (tertiary/aromatic N) is 1. The van der Waals surface area contributed by atoms with Crippen molar-refractivity contribution in [3.05, 3.63) is 74.6 Å². The molecule has 0 aliphatic carbocycles. The average Bonchev–Trinajstić information content (AvgIpc) is 3.23. The number of ether oxygens (including phenoxy) is 1. The molecule has 1 atom stereocenters. The molecule has 2 aromatic carbocycles. The van der Waals surface area contributed by atoms with Gasteiger partial charge < -0.3 is 19.9 Å². The summed E-state index contributed by atoms with van der Waals surface area (Å²) in [5.41, 5.74) is 7.12. The van der Waals surface area contributed by atoms with Crippen LogP contribution in [-0.2, 0) is 11.3 Å². The molecule has 4 rings (SSSR count). The first-order valence-corrected chi connectivity index (χ1v) is 11.6. The molecular weight excluding hydrogens is 418 g/mol. The molecule has 1 saturated heterocycles. The number of thiocarbonyl (C=S) groups is 1. The zero-order valence-corrected chi connectivity index (χ0v) is 20.1. The van der Waals surface area contributed by atoms with Gasteiger partial charge in [0, 0.05) is 35.3 Å². The predicted molar refractivity (Wildman–Crippen MR) is 136 cm³/mol. The second-order valence-electron chi connectivity index (χ2n) is 8.93. The monoisotopic (exact) mass is 449 g/mol. The van der Waals surface area contributed by atoms with Crippen LogP contribution in [0.3, 0.4) is 0 Å². The fourth-order valence-corrected chi connectivity index (χ4v) is 4.69. The smallest absolute Gasteiger partial charge is 0.253 e. The van der Waals surface area contributed by atoms with Gasteiger partial charge in [-0.15, -0.1) is 0 Å². The van der Waals surface area contributed by atoms with Gasteiger partial charge in [0.2, 0.25) is 0 Å². The van der Waals surface area contributed by atoms with E-state index >= 15 is 0 Å². The van der Waals surface area contributed by atoms with Crippen molar-refractivity contribution < 1.29 is 4.74 Å². The Bertz CT molecular complexity index is 1210. The zero-order chi connectivity index (χ0) is 22.8. The molecule has 3 aromatic rings. The summed E-state index contributed by atoms with van der Waals surface area (Å²) in [4.78, 5) is 18.0. The van der Waals surface area contributed by atoms with E-state index in [0.29, 0.717) is 23.8 Å². The van der Waals surface area contributed by atoms with Gasteiger partial charge in [0.1, 0.15) is 0 Å². The molecule has 6 heteroatoms. The lowest BCUT2D eigenvalue weighted by Crippen LogP contribution is -2.40. The van der Waals surface area contributed by atoms with Crippen molar-refractivity contribution in [1.82, 2.24) is 9.88 Å². The van der Waals surface area contributed by atoms with Crippen molar-refractivity contribution >= 4 is 33.9 Å². The first-order valence-electron chi connectivity index (χ1n) is 11.2. The third kappa shape index (κ3) is 5.03. The van der Waals surface area contributed by atoms with Crippen LogP contribution in [0.15, 0.2) is 41.2 Å². The number of aromatic amines is 1. The van der Waals surface area contributed by atoms with Crippen LogP contribution in [0.1, 0.15) is 40.7 Å². The number of benzene rings is 2. The standard InChI is InChI=1S/C26H31N3O2S/c1-16-7-8-23(19(4)10-16)28-26(32)29(15-21-6-5-9-31-21)14-20-13-22-18(3)11-17(2)12-24(22)27-25(20)30/h7-8,10-13,21H,5-6,9,14-15H2,1-4H3,(H,27,30)(H,28,32)/t21-/m0/s1. The first-order chi connectivity index (χ1) is 15.3. The molecule has 1 aromatic heterocycles. The molecule has 0 unspecified atom stereocenters. The Balaban J connectivity index is 1.63. The van der Waals surface area contributed by atoms with Gasteiger partial charge in [-0.25, -0.2) is 0 Å². The van der Waals surface area contributed by atoms with Gasteiger partial charge in [0.15, 0.2) is 5.11 Å². The van der Waals surface area contributed by atoms with Crippen LogP contribution in [0.25, 0.3) is 10.9 Å². The maximum atomic E-state index is 12.9. The molecule has 0 saturated carbocycles. The lowest BCUT2D eigenvalue weighted by Gasteiger charge is -2.28. The van der Waals surface area contributed by atoms with E-state index < -0.39 is 0 Å². The number of pyridine rings is 1. The number of fused-ring (bicyclic) bond motifs is 1. The van der Waals surface area contributed by atoms with Crippen LogP contribution in [0.2, 0.25) is 0 Å². The van der Waals surface area contributed by atoms with Gasteiger partial charge in [-0.2, -0.15) is 0 Å². The lowest BCUT2D eigenvalue weighted by atomic mass is 10.0. The second-order valence-corrected chi connectivity index (χ2v) is 9.32. The minimum Gasteiger partial charge on any atom is -0.376 e. The van der Waals surface area contributed by atoms with E-state index in [1.165, 1.54) is 5.56 Å². The Morgan fingerprint density at radius 3 is 2.62 bits per heavy atom. The molecule has 0 bridgehead atoms. The van der Waals surface area contributed by atoms with Gasteiger partial charge in [0.25, 0.3) is 5.56 Å². The Hall–Kier alpha value is -2.70. The summed E-state index contributed by atoms with van der Waals surface area (Å²) in [5, 5.41) is 5.07. The largest absolute Gasteiger partial charge is 0.376 e. The van der Waals surface area contributed by atoms with Gasteiger partial charge >= 0.3 is 0 Å². The third-order valence-corrected chi connectivity index (χ3v) is 6.47. The predicted octanol–water partition coefficient (Wildman–Crippen LogP) is 5.14. The van der Waals surface area contributed by atoms with Crippen LogP contribution >= 0.6 is 12.2 Å². The number of anilines is 1. The topological polar surface area (TPSA) is 57.4 Å². The molecule has 1 aliphatic heterocycles. The number of aromatic nitrogens is 1. The maximum absolute atomic E-state index is 12.9. The quantitative estimate of drug-likeness (QED) is 0.528. The summed E-state index contributed by atoms with van der Waals surface area (Å²) >= 11 is 5.81. The van der Waals surface area contributed by atoms with E-state index in [1.54, 1.807) is 0 Å². The van der Waals surface area contributed by atoms with Crippen molar-refractivity contribution in [2.24, 2.45) is 0 Å². The van der Waals surface area contributed by atoms with E-state index in [-0.39, 0.29) is 11.7 Å². The fraction of sp³-hybridized carbons (Fsp3) is 0.385. The van der Waals surface area contributed by atoms with Gasteiger partial charge in [0.05, 0.1) is 12.6 Å². The lowest BCUT2D eigenvalue weighted by molar-refractivity contribution is 0.0904. The van der Waals surface area contributed by atoms with E-state index in [9.17, 15) is 4.79 Å². The Kier molecular flexibility index (Phi) is 6.63. The summed E-state index contributed by atoms with van der Waals surface area (Å²) in [6, 6.07) is 12.4. The summed E-state index contributed by atoms with van der Waals surface area (Å²) < 4.78 is 5.88. The molecule has 2 heterocycles. The van der Waals surface area contributed by atoms with Crippen LogP contribution in [0, 0.1) is 27.7 Å². The highest BCUT2D eigenvalue weighted by atomic mass is 32.1. The number of hydrogen-bond donors (Lipinski definition) is 2. The van der Waals surface area contributed by atoms with Crippen molar-refractivity contribution in [2.45, 2.75) is 53.2 Å². The molecule has 0 radical (unpaired) electrons. The van der Waals surface area contributed by atoms with Crippen molar-refractivity contribution in [3.63, 3.8) is 0 Å². The molecule has 168 valence electrons. The van der Waals surface area contributed by atoms with Crippen LogP contribution in [0.4, 0.5) is 5.69 Å². The Morgan fingerprint density at radius 2 is 1.91 bits per heavy atom. The van der Waals surface area contributed by atoms with Crippen LogP contribution in [0.5, 0.6) is 0 Å². The number of aryl methyl sites for hydroxylation is 4. The van der Waals surface area contributed by atoms with Gasteiger partial charge in [-0.05, 0) is 87.6 Å². The highest BCUT2D eigenvalue weighted by Gasteiger charge is 2.22. The van der Waals surface area contributed by atoms with E-state index in [2.05, 4.69) is 60.2 Å². The van der Waals surface area contributed by atoms with E-state index in [4.69, 9.17) is 17.0 Å². The SMILES string of the molecule is Cc1ccc(NC(=S)N(Cc2cc3c(C)cc(C)cc3[nH]c2=O)C[C@@H]2CCCO2)c(C)c1. The molecule has 5 nitrogen and oxygen atoms in total. The second kappa shape index (κ2) is 9.43. The third-order valence-electron chi connectivity index (χ3n) is 6.11. The average molecular weight is 450 g/mol. The highest BCUT2D eigenvalue weighted by molar-refractivity contribution is 7.80. The minimum atomic E-state index is -0.0749. The summed E-state index contributed by atoms with van der Waals surface area (Å²) in [7, 11) is 0. The number of nitrogens with one attached hydrogen (secondary N) is 2. The number of hydrogen-bond acceptors (Lipinski definition) is 3. The number of rotatable bonds is 5. The Labute approximate surface area is 194 Å². The highest BCUT2D eigenvalue weighted by Crippen LogP contribution is 2.22. The van der Waals surface area contributed by atoms with Crippen molar-refractivity contribution in [1.29, 1.82) is 0 Å².